The van der Waals surface area contributed by atoms with Gasteiger partial charge in [0.1, 0.15) is 40.8 Å². The van der Waals surface area contributed by atoms with Crippen LogP contribution in [0, 0.1) is 17.1 Å². The summed E-state index contributed by atoms with van der Waals surface area (Å²) in [5.41, 5.74) is 0.688. The first-order valence-corrected chi connectivity index (χ1v) is 6.67. The minimum absolute atomic E-state index is 0.107. The van der Waals surface area contributed by atoms with E-state index in [-0.39, 0.29) is 11.3 Å². The van der Waals surface area contributed by atoms with Gasteiger partial charge in [-0.1, -0.05) is 6.07 Å². The second-order valence-electron chi connectivity index (χ2n) is 4.63. The number of rotatable bonds is 5. The average Bonchev–Trinajstić information content (AvgIpc) is 2.54. The van der Waals surface area contributed by atoms with E-state index in [1.165, 1.54) is 12.1 Å². The highest BCUT2D eigenvalue weighted by Crippen LogP contribution is 2.30. The summed E-state index contributed by atoms with van der Waals surface area (Å²) in [5.74, 6) is 0.862. The zero-order valence-electron chi connectivity index (χ0n) is 12.6. The maximum atomic E-state index is 13.6. The molecule has 4 nitrogen and oxygen atoms in total. The largest absolute Gasteiger partial charge is 0.497 e. The van der Waals surface area contributed by atoms with Crippen molar-refractivity contribution in [1.29, 1.82) is 5.26 Å². The first-order chi connectivity index (χ1) is 10.6. The third-order valence-corrected chi connectivity index (χ3v) is 3.23. The Labute approximate surface area is 128 Å². The van der Waals surface area contributed by atoms with Crippen LogP contribution in [0.3, 0.4) is 0 Å². The Kier molecular flexibility index (Phi) is 4.84. The molecule has 22 heavy (non-hydrogen) atoms. The Hall–Kier alpha value is -2.74. The number of methoxy groups -OCH3 is 2. The van der Waals surface area contributed by atoms with Crippen molar-refractivity contribution in [3.63, 3.8) is 0 Å². The maximum absolute atomic E-state index is 13.6. The summed E-state index contributed by atoms with van der Waals surface area (Å²) in [6.07, 6.45) is -0.405. The molecule has 1 unspecified atom stereocenters. The first-order valence-electron chi connectivity index (χ1n) is 6.67. The lowest BCUT2D eigenvalue weighted by molar-refractivity contribution is 0.224. The molecule has 1 atom stereocenters. The van der Waals surface area contributed by atoms with Gasteiger partial charge in [-0.25, -0.2) is 4.39 Å². The summed E-state index contributed by atoms with van der Waals surface area (Å²) in [6, 6.07) is 11.5. The van der Waals surface area contributed by atoms with E-state index in [0.29, 0.717) is 11.5 Å². The van der Waals surface area contributed by atoms with E-state index in [4.69, 9.17) is 19.5 Å². The highest BCUT2D eigenvalue weighted by Gasteiger charge is 2.15. The molecule has 2 aromatic rings. The Bertz CT molecular complexity index is 687. The van der Waals surface area contributed by atoms with Crippen LogP contribution in [-0.4, -0.2) is 14.2 Å². The fourth-order valence-electron chi connectivity index (χ4n) is 2.03. The standard InChI is InChI=1S/C17H16FNO3/c1-11(12-7-13(20-2)9-14(8-12)21-3)22-17-6-4-5-16(18)15(17)10-19/h4-9,11H,1-3H3. The zero-order chi connectivity index (χ0) is 16.1. The molecule has 0 fully saturated rings. The third kappa shape index (κ3) is 3.29. The quantitative estimate of drug-likeness (QED) is 0.841. The van der Waals surface area contributed by atoms with Gasteiger partial charge in [-0.05, 0) is 36.8 Å². The molecule has 0 bridgehead atoms. The molecule has 2 rings (SSSR count). The van der Waals surface area contributed by atoms with E-state index in [9.17, 15) is 4.39 Å². The molecule has 0 spiro atoms. The van der Waals surface area contributed by atoms with Crippen LogP contribution in [0.25, 0.3) is 0 Å². The maximum Gasteiger partial charge on any atom is 0.144 e. The van der Waals surface area contributed by atoms with Crippen LogP contribution in [0.5, 0.6) is 17.2 Å². The molecule has 0 aliphatic heterocycles. The van der Waals surface area contributed by atoms with E-state index < -0.39 is 11.9 Å². The van der Waals surface area contributed by atoms with Gasteiger partial charge < -0.3 is 14.2 Å². The van der Waals surface area contributed by atoms with E-state index in [1.54, 1.807) is 45.4 Å². The van der Waals surface area contributed by atoms with Crippen molar-refractivity contribution >= 4 is 0 Å². The van der Waals surface area contributed by atoms with Crippen LogP contribution in [0.4, 0.5) is 4.39 Å². The average molecular weight is 301 g/mol. The van der Waals surface area contributed by atoms with Crippen LogP contribution in [0.1, 0.15) is 24.2 Å². The van der Waals surface area contributed by atoms with Crippen molar-refractivity contribution in [2.75, 3.05) is 14.2 Å². The summed E-state index contributed by atoms with van der Waals surface area (Å²) in [6.45, 7) is 1.81. The Morgan fingerprint density at radius 1 is 1.09 bits per heavy atom. The molecule has 5 heteroatoms. The summed E-state index contributed by atoms with van der Waals surface area (Å²) < 4.78 is 29.8. The molecular formula is C17H16FNO3. The predicted molar refractivity (Wildman–Crippen MR) is 79.7 cm³/mol. The minimum Gasteiger partial charge on any atom is -0.497 e. The van der Waals surface area contributed by atoms with Crippen molar-refractivity contribution in [3.05, 3.63) is 53.3 Å². The fourth-order valence-corrected chi connectivity index (χ4v) is 2.03. The smallest absolute Gasteiger partial charge is 0.144 e. The topological polar surface area (TPSA) is 51.5 Å². The molecule has 0 saturated carbocycles. The van der Waals surface area contributed by atoms with Crippen molar-refractivity contribution in [2.24, 2.45) is 0 Å². The Morgan fingerprint density at radius 2 is 1.73 bits per heavy atom. The number of nitrogens with zero attached hydrogens (tertiary/aromatic N) is 1. The van der Waals surface area contributed by atoms with E-state index >= 15 is 0 Å². The number of nitriles is 1. The lowest BCUT2D eigenvalue weighted by Crippen LogP contribution is -2.05. The van der Waals surface area contributed by atoms with E-state index in [2.05, 4.69) is 0 Å². The van der Waals surface area contributed by atoms with Gasteiger partial charge >= 0.3 is 0 Å². The molecule has 0 amide bonds. The third-order valence-electron chi connectivity index (χ3n) is 3.23. The van der Waals surface area contributed by atoms with Gasteiger partial charge in [-0.3, -0.25) is 0 Å². The SMILES string of the molecule is COc1cc(OC)cc(C(C)Oc2cccc(F)c2C#N)c1. The monoisotopic (exact) mass is 301 g/mol. The van der Waals surface area contributed by atoms with E-state index in [0.717, 1.165) is 5.56 Å². The molecule has 0 aliphatic carbocycles. The molecule has 0 heterocycles. The molecule has 0 aromatic heterocycles. The van der Waals surface area contributed by atoms with E-state index in [1.807, 2.05) is 6.07 Å². The van der Waals surface area contributed by atoms with Crippen molar-refractivity contribution in [1.82, 2.24) is 0 Å². The highest BCUT2D eigenvalue weighted by atomic mass is 19.1. The van der Waals surface area contributed by atoms with Gasteiger partial charge in [0.05, 0.1) is 14.2 Å². The van der Waals surface area contributed by atoms with Gasteiger partial charge in [0.15, 0.2) is 0 Å². The molecule has 0 saturated heterocycles. The fraction of sp³-hybridized carbons (Fsp3) is 0.235. The number of hydrogen-bond acceptors (Lipinski definition) is 4. The molecule has 114 valence electrons. The molecule has 0 aliphatic rings. The number of benzene rings is 2. The van der Waals surface area contributed by atoms with Crippen LogP contribution >= 0.6 is 0 Å². The van der Waals surface area contributed by atoms with Gasteiger partial charge in [0.25, 0.3) is 0 Å². The van der Waals surface area contributed by atoms with Crippen molar-refractivity contribution < 1.29 is 18.6 Å². The van der Waals surface area contributed by atoms with Gasteiger partial charge in [-0.15, -0.1) is 0 Å². The lowest BCUT2D eigenvalue weighted by atomic mass is 10.1. The first kappa shape index (κ1) is 15.6. The minimum atomic E-state index is -0.601. The number of hydrogen-bond donors (Lipinski definition) is 0. The van der Waals surface area contributed by atoms with Crippen LogP contribution in [-0.2, 0) is 0 Å². The summed E-state index contributed by atoms with van der Waals surface area (Å²) in [4.78, 5) is 0. The van der Waals surface area contributed by atoms with Crippen LogP contribution < -0.4 is 14.2 Å². The van der Waals surface area contributed by atoms with Crippen molar-refractivity contribution in [2.45, 2.75) is 13.0 Å². The Balaban J connectivity index is 2.32. The Morgan fingerprint density at radius 3 is 2.27 bits per heavy atom. The second-order valence-corrected chi connectivity index (χ2v) is 4.63. The molecule has 2 aromatic carbocycles. The second kappa shape index (κ2) is 6.81. The summed E-state index contributed by atoms with van der Waals surface area (Å²) in [7, 11) is 3.12. The molecule has 0 radical (unpaired) electrons. The number of ether oxygens (including phenoxy) is 3. The summed E-state index contributed by atoms with van der Waals surface area (Å²) in [5, 5.41) is 9.04. The predicted octanol–water partition coefficient (Wildman–Crippen LogP) is 3.85. The van der Waals surface area contributed by atoms with Crippen molar-refractivity contribution in [3.8, 4) is 23.3 Å². The van der Waals surface area contributed by atoms with Crippen LogP contribution in [0.15, 0.2) is 36.4 Å². The highest BCUT2D eigenvalue weighted by molar-refractivity contribution is 5.45. The zero-order valence-corrected chi connectivity index (χ0v) is 12.6. The molecule has 0 N–H and O–H groups in total. The van der Waals surface area contributed by atoms with Crippen LogP contribution in [0.2, 0.25) is 0 Å². The van der Waals surface area contributed by atoms with Gasteiger partial charge in [0, 0.05) is 6.07 Å². The lowest BCUT2D eigenvalue weighted by Gasteiger charge is -2.17. The van der Waals surface area contributed by atoms with Gasteiger partial charge in [-0.2, -0.15) is 5.26 Å². The summed E-state index contributed by atoms with van der Waals surface area (Å²) >= 11 is 0. The normalized spacial score (nSPS) is 11.4. The number of halogens is 1. The molecular weight excluding hydrogens is 285 g/mol. The van der Waals surface area contributed by atoms with Gasteiger partial charge in [0.2, 0.25) is 0 Å².